The molecule has 2 aliphatic heterocycles. The number of thioether (sulfide) groups is 1. The number of benzene rings is 2. The van der Waals surface area contributed by atoms with E-state index in [9.17, 15) is 4.79 Å². The van der Waals surface area contributed by atoms with Crippen LogP contribution in [-0.4, -0.2) is 46.8 Å². The van der Waals surface area contributed by atoms with E-state index < -0.39 is 5.91 Å². The van der Waals surface area contributed by atoms with Gasteiger partial charge in [-0.1, -0.05) is 37.5 Å². The lowest BCUT2D eigenvalue weighted by Gasteiger charge is -2.20. The Hall–Kier alpha value is -3.59. The summed E-state index contributed by atoms with van der Waals surface area (Å²) >= 11 is 1.43. The van der Waals surface area contributed by atoms with Crippen LogP contribution in [0.3, 0.4) is 0 Å². The molecule has 1 amide bonds. The summed E-state index contributed by atoms with van der Waals surface area (Å²) in [6, 6.07) is 13.3. The van der Waals surface area contributed by atoms with Crippen molar-refractivity contribution in [2.45, 2.75) is 46.0 Å². The van der Waals surface area contributed by atoms with Crippen molar-refractivity contribution < 1.29 is 19.0 Å². The number of nitrogens with zero attached hydrogens (tertiary/aromatic N) is 3. The zero-order chi connectivity index (χ0) is 26.5. The molecule has 8 nitrogen and oxygen atoms in total. The van der Waals surface area contributed by atoms with Gasteiger partial charge < -0.3 is 14.2 Å². The van der Waals surface area contributed by atoms with Gasteiger partial charge in [0.2, 0.25) is 5.17 Å². The Morgan fingerprint density at radius 1 is 1.05 bits per heavy atom. The second-order valence-electron chi connectivity index (χ2n) is 9.45. The Bertz CT molecular complexity index is 1310. The van der Waals surface area contributed by atoms with Gasteiger partial charge in [-0.3, -0.25) is 10.2 Å². The number of nitrogens with one attached hydrogen (secondary N) is 1. The summed E-state index contributed by atoms with van der Waals surface area (Å²) in [6.07, 6.45) is 7.51. The van der Waals surface area contributed by atoms with Crippen molar-refractivity contribution in [3.05, 3.63) is 59.2 Å². The Labute approximate surface area is 227 Å². The predicted octanol–water partition coefficient (Wildman–Crippen LogP) is 6.05. The van der Waals surface area contributed by atoms with Gasteiger partial charge in [-0.05, 0) is 79.9 Å². The first-order valence-corrected chi connectivity index (χ1v) is 13.9. The number of rotatable bonds is 9. The van der Waals surface area contributed by atoms with Crippen LogP contribution in [0.5, 0.6) is 17.2 Å². The van der Waals surface area contributed by atoms with Crippen LogP contribution in [0.4, 0.5) is 0 Å². The fourth-order valence-electron chi connectivity index (χ4n) is 4.71. The quantitative estimate of drug-likeness (QED) is 0.312. The van der Waals surface area contributed by atoms with Crippen LogP contribution in [0.1, 0.15) is 50.2 Å². The van der Waals surface area contributed by atoms with E-state index in [1.54, 1.807) is 12.1 Å². The first kappa shape index (κ1) is 26.0. The number of hydrogen-bond donors (Lipinski definition) is 1. The lowest BCUT2D eigenvalue weighted by Crippen LogP contribution is -2.35. The van der Waals surface area contributed by atoms with Gasteiger partial charge in [0.25, 0.3) is 5.91 Å². The molecule has 0 spiro atoms. The fraction of sp³-hybridized carbons (Fsp3) is 0.379. The highest BCUT2D eigenvalue weighted by Gasteiger charge is 2.38. The smallest absolute Gasteiger partial charge is 0.283 e. The second kappa shape index (κ2) is 11.9. The first-order valence-electron chi connectivity index (χ1n) is 13.1. The number of ether oxygens (including phenoxy) is 3. The van der Waals surface area contributed by atoms with E-state index in [2.05, 4.69) is 10.1 Å². The van der Waals surface area contributed by atoms with Crippen LogP contribution in [0, 0.1) is 18.3 Å². The average Bonchev–Trinajstić information content (AvgIpc) is 3.35. The van der Waals surface area contributed by atoms with Gasteiger partial charge >= 0.3 is 0 Å². The highest BCUT2D eigenvalue weighted by Crippen LogP contribution is 2.36. The summed E-state index contributed by atoms with van der Waals surface area (Å²) < 4.78 is 17.5. The molecule has 0 atom stereocenters. The van der Waals surface area contributed by atoms with E-state index in [0.29, 0.717) is 48.0 Å². The van der Waals surface area contributed by atoms with E-state index in [-0.39, 0.29) is 11.4 Å². The standard InChI is InChI=1S/C29H32N4O4S/c1-3-35-25-18-20(12-13-24(25)37-15-14-36-22-11-7-8-19(2)16-22)17-23-26(30)33-29(31-27(23)34)38-28(32-33)21-9-5-4-6-10-21/h7-8,11-13,16-18,21,30H,3-6,9-10,14-15H2,1-2H3. The number of amides is 1. The van der Waals surface area contributed by atoms with Gasteiger partial charge in [0.1, 0.15) is 24.0 Å². The number of carbonyl (C=O) groups is 1. The number of hydrazone groups is 1. The van der Waals surface area contributed by atoms with Crippen molar-refractivity contribution in [3.63, 3.8) is 0 Å². The zero-order valence-electron chi connectivity index (χ0n) is 21.7. The number of hydrogen-bond acceptors (Lipinski definition) is 7. The van der Waals surface area contributed by atoms with Crippen LogP contribution in [-0.2, 0) is 4.79 Å². The summed E-state index contributed by atoms with van der Waals surface area (Å²) in [5, 5.41) is 16.3. The molecule has 1 fully saturated rings. The molecule has 2 aromatic rings. The van der Waals surface area contributed by atoms with Crippen LogP contribution in [0.15, 0.2) is 58.1 Å². The average molecular weight is 533 g/mol. The molecule has 1 N–H and O–H groups in total. The normalized spacial score (nSPS) is 18.8. The van der Waals surface area contributed by atoms with E-state index in [0.717, 1.165) is 29.2 Å². The highest BCUT2D eigenvalue weighted by atomic mass is 32.2. The minimum atomic E-state index is -0.430. The molecule has 38 heavy (non-hydrogen) atoms. The van der Waals surface area contributed by atoms with Gasteiger partial charge in [-0.25, -0.2) is 0 Å². The number of amidine groups is 2. The predicted molar refractivity (Wildman–Crippen MR) is 151 cm³/mol. The van der Waals surface area contributed by atoms with Gasteiger partial charge in [-0.15, -0.1) is 0 Å². The Kier molecular flexibility index (Phi) is 8.12. The molecule has 3 aliphatic rings. The minimum Gasteiger partial charge on any atom is -0.490 e. The maximum atomic E-state index is 12.9. The van der Waals surface area contributed by atoms with Crippen molar-refractivity contribution in [1.82, 2.24) is 5.01 Å². The molecule has 198 valence electrons. The summed E-state index contributed by atoms with van der Waals surface area (Å²) in [7, 11) is 0. The third kappa shape index (κ3) is 5.93. The molecule has 0 bridgehead atoms. The molecular weight excluding hydrogens is 500 g/mol. The van der Waals surface area contributed by atoms with Crippen molar-refractivity contribution in [2.75, 3.05) is 19.8 Å². The Morgan fingerprint density at radius 2 is 1.87 bits per heavy atom. The minimum absolute atomic E-state index is 0.0462. The van der Waals surface area contributed by atoms with Gasteiger partial charge in [-0.2, -0.15) is 15.1 Å². The highest BCUT2D eigenvalue weighted by molar-refractivity contribution is 8.27. The lowest BCUT2D eigenvalue weighted by molar-refractivity contribution is -0.114. The maximum absolute atomic E-state index is 12.9. The molecule has 0 unspecified atom stereocenters. The van der Waals surface area contributed by atoms with E-state index in [1.807, 2.05) is 50.2 Å². The van der Waals surface area contributed by atoms with E-state index in [4.69, 9.17) is 19.6 Å². The van der Waals surface area contributed by atoms with Crippen molar-refractivity contribution in [2.24, 2.45) is 16.0 Å². The zero-order valence-corrected chi connectivity index (χ0v) is 22.6. The van der Waals surface area contributed by atoms with Crippen molar-refractivity contribution in [1.29, 1.82) is 5.41 Å². The summed E-state index contributed by atoms with van der Waals surface area (Å²) in [4.78, 5) is 17.1. The third-order valence-electron chi connectivity index (χ3n) is 6.60. The lowest BCUT2D eigenvalue weighted by atomic mass is 9.90. The van der Waals surface area contributed by atoms with Crippen LogP contribution < -0.4 is 14.2 Å². The van der Waals surface area contributed by atoms with E-state index >= 15 is 0 Å². The van der Waals surface area contributed by atoms with Crippen molar-refractivity contribution >= 4 is 39.8 Å². The molecule has 0 saturated heterocycles. The summed E-state index contributed by atoms with van der Waals surface area (Å²) in [6.45, 7) is 5.13. The molecule has 5 rings (SSSR count). The van der Waals surface area contributed by atoms with Gasteiger partial charge in [0.05, 0.1) is 12.2 Å². The molecule has 2 heterocycles. The Balaban J connectivity index is 1.28. The van der Waals surface area contributed by atoms with Crippen LogP contribution in [0.25, 0.3) is 6.08 Å². The topological polar surface area (TPSA) is 96.6 Å². The molecule has 9 heteroatoms. The molecule has 0 aromatic heterocycles. The largest absolute Gasteiger partial charge is 0.490 e. The molecule has 1 saturated carbocycles. The second-order valence-corrected chi connectivity index (χ2v) is 10.4. The monoisotopic (exact) mass is 532 g/mol. The first-order chi connectivity index (χ1) is 18.5. The van der Waals surface area contributed by atoms with Crippen LogP contribution >= 0.6 is 11.8 Å². The summed E-state index contributed by atoms with van der Waals surface area (Å²) in [5.74, 6) is 1.96. The Morgan fingerprint density at radius 3 is 2.66 bits per heavy atom. The van der Waals surface area contributed by atoms with Gasteiger partial charge in [0, 0.05) is 5.92 Å². The molecule has 2 aromatic carbocycles. The molecular formula is C29H32N4O4S. The molecule has 0 radical (unpaired) electrons. The number of fused-ring (bicyclic) bond motifs is 1. The van der Waals surface area contributed by atoms with Crippen LogP contribution in [0.2, 0.25) is 0 Å². The number of carbonyl (C=O) groups excluding carboxylic acids is 1. The number of aliphatic imine (C=N–C) groups is 1. The molecule has 1 aliphatic carbocycles. The number of aryl methyl sites for hydroxylation is 1. The van der Waals surface area contributed by atoms with E-state index in [1.165, 1.54) is 36.0 Å². The third-order valence-corrected chi connectivity index (χ3v) is 7.67. The maximum Gasteiger partial charge on any atom is 0.283 e. The fourth-order valence-corrected chi connectivity index (χ4v) is 5.77. The van der Waals surface area contributed by atoms with Crippen molar-refractivity contribution in [3.8, 4) is 17.2 Å². The SMILES string of the molecule is CCOc1cc(C=C2C(=N)N3N=C(C4CCCCC4)SC3=NC2=O)ccc1OCCOc1cccc(C)c1. The summed E-state index contributed by atoms with van der Waals surface area (Å²) in [5.41, 5.74) is 2.05. The van der Waals surface area contributed by atoms with Gasteiger partial charge in [0.15, 0.2) is 17.3 Å².